The number of benzene rings is 1. The average Bonchev–Trinajstić information content (AvgIpc) is 3.30. The van der Waals surface area contributed by atoms with E-state index in [4.69, 9.17) is 9.26 Å². The second kappa shape index (κ2) is 8.81. The van der Waals surface area contributed by atoms with E-state index in [2.05, 4.69) is 15.1 Å². The zero-order valence-corrected chi connectivity index (χ0v) is 17.9. The fraction of sp³-hybridized carbons (Fsp3) is 0.381. The van der Waals surface area contributed by atoms with E-state index in [9.17, 15) is 12.8 Å². The van der Waals surface area contributed by atoms with Crippen molar-refractivity contribution in [2.24, 2.45) is 0 Å². The van der Waals surface area contributed by atoms with Crippen LogP contribution in [-0.4, -0.2) is 54.7 Å². The van der Waals surface area contributed by atoms with Gasteiger partial charge < -0.3 is 9.26 Å². The maximum absolute atomic E-state index is 13.7. The highest BCUT2D eigenvalue weighted by Gasteiger charge is 2.44. The monoisotopic (exact) mass is 446 g/mol. The van der Waals surface area contributed by atoms with Crippen molar-refractivity contribution in [3.63, 3.8) is 0 Å². The summed E-state index contributed by atoms with van der Waals surface area (Å²) in [6, 6.07) is 8.64. The van der Waals surface area contributed by atoms with Gasteiger partial charge >= 0.3 is 0 Å². The zero-order valence-electron chi connectivity index (χ0n) is 17.1. The zero-order chi connectivity index (χ0) is 21.9. The molecule has 4 rings (SSSR count). The predicted molar refractivity (Wildman–Crippen MR) is 110 cm³/mol. The Labute approximate surface area is 180 Å². The molecule has 2 aromatic heterocycles. The molecule has 0 bridgehead atoms. The van der Waals surface area contributed by atoms with Gasteiger partial charge in [-0.15, -0.1) is 0 Å². The van der Waals surface area contributed by atoms with Gasteiger partial charge in [-0.2, -0.15) is 9.29 Å². The second-order valence-electron chi connectivity index (χ2n) is 7.59. The minimum Gasteiger partial charge on any atom is -0.385 e. The maximum Gasteiger partial charge on any atom is 0.259 e. The highest BCUT2D eigenvalue weighted by Crippen LogP contribution is 2.38. The normalized spacial score (nSPS) is 20.1. The SMILES string of the molecule is COCCC1(c2noc(-c3cccnc3)n2)CCCN(S(=O)(=O)c2cccc(F)c2)C1. The van der Waals surface area contributed by atoms with Crippen molar-refractivity contribution in [1.82, 2.24) is 19.4 Å². The Morgan fingerprint density at radius 1 is 1.29 bits per heavy atom. The van der Waals surface area contributed by atoms with Crippen LogP contribution in [-0.2, 0) is 20.2 Å². The smallest absolute Gasteiger partial charge is 0.259 e. The Hall–Kier alpha value is -2.69. The summed E-state index contributed by atoms with van der Waals surface area (Å²) in [6.07, 6.45) is 5.08. The van der Waals surface area contributed by atoms with Crippen LogP contribution in [0.15, 0.2) is 58.2 Å². The van der Waals surface area contributed by atoms with Crippen LogP contribution >= 0.6 is 0 Å². The minimum atomic E-state index is -3.88. The number of methoxy groups -OCH3 is 1. The number of rotatable bonds is 7. The lowest BCUT2D eigenvalue weighted by molar-refractivity contribution is 0.128. The lowest BCUT2D eigenvalue weighted by Gasteiger charge is -2.40. The molecule has 1 aliphatic rings. The number of hydrogen-bond acceptors (Lipinski definition) is 7. The molecule has 0 N–H and O–H groups in total. The molecule has 0 aliphatic carbocycles. The quantitative estimate of drug-likeness (QED) is 0.550. The lowest BCUT2D eigenvalue weighted by atomic mass is 9.77. The first-order chi connectivity index (χ1) is 14.9. The molecule has 0 radical (unpaired) electrons. The molecule has 8 nitrogen and oxygen atoms in total. The molecule has 10 heteroatoms. The van der Waals surface area contributed by atoms with Crippen molar-refractivity contribution in [2.45, 2.75) is 29.6 Å². The summed E-state index contributed by atoms with van der Waals surface area (Å²) in [5.41, 5.74) is 0.00158. The summed E-state index contributed by atoms with van der Waals surface area (Å²) in [6.45, 7) is 0.896. The predicted octanol–water partition coefficient (Wildman–Crippen LogP) is 3.03. The van der Waals surface area contributed by atoms with Crippen molar-refractivity contribution < 1.29 is 22.1 Å². The van der Waals surface area contributed by atoms with Gasteiger partial charge in [-0.05, 0) is 49.6 Å². The number of hydrogen-bond donors (Lipinski definition) is 0. The summed E-state index contributed by atoms with van der Waals surface area (Å²) in [5, 5.41) is 4.19. The van der Waals surface area contributed by atoms with E-state index >= 15 is 0 Å². The van der Waals surface area contributed by atoms with Crippen LogP contribution in [0, 0.1) is 5.82 Å². The second-order valence-corrected chi connectivity index (χ2v) is 9.53. The summed E-state index contributed by atoms with van der Waals surface area (Å²) >= 11 is 0. The number of ether oxygens (including phenoxy) is 1. The van der Waals surface area contributed by atoms with E-state index in [-0.39, 0.29) is 11.4 Å². The van der Waals surface area contributed by atoms with Gasteiger partial charge in [0, 0.05) is 44.6 Å². The molecule has 31 heavy (non-hydrogen) atoms. The van der Waals surface area contributed by atoms with Crippen LogP contribution in [0.1, 0.15) is 25.1 Å². The molecule has 1 aliphatic heterocycles. The number of nitrogens with zero attached hydrogens (tertiary/aromatic N) is 4. The maximum atomic E-state index is 13.7. The number of pyridine rings is 1. The van der Waals surface area contributed by atoms with Crippen molar-refractivity contribution in [3.8, 4) is 11.5 Å². The first-order valence-corrected chi connectivity index (χ1v) is 11.4. The molecular weight excluding hydrogens is 423 g/mol. The molecule has 0 spiro atoms. The molecule has 1 saturated heterocycles. The topological polar surface area (TPSA) is 98.4 Å². The number of sulfonamides is 1. The third-order valence-electron chi connectivity index (χ3n) is 5.57. The highest BCUT2D eigenvalue weighted by molar-refractivity contribution is 7.89. The van der Waals surface area contributed by atoms with Crippen LogP contribution in [0.25, 0.3) is 11.5 Å². The molecule has 0 saturated carbocycles. The summed E-state index contributed by atoms with van der Waals surface area (Å²) in [7, 11) is -2.29. The molecule has 1 atom stereocenters. The molecule has 1 fully saturated rings. The van der Waals surface area contributed by atoms with E-state index in [1.54, 1.807) is 25.6 Å². The van der Waals surface area contributed by atoms with Gasteiger partial charge in [0.2, 0.25) is 10.0 Å². The number of aromatic nitrogens is 3. The lowest BCUT2D eigenvalue weighted by Crippen LogP contribution is -2.49. The van der Waals surface area contributed by atoms with E-state index in [1.807, 2.05) is 6.07 Å². The molecule has 3 aromatic rings. The average molecular weight is 447 g/mol. The molecule has 3 heterocycles. The van der Waals surface area contributed by atoms with E-state index in [1.165, 1.54) is 22.5 Å². The summed E-state index contributed by atoms with van der Waals surface area (Å²) < 4.78 is 52.2. The third-order valence-corrected chi connectivity index (χ3v) is 7.41. The molecule has 1 aromatic carbocycles. The Balaban J connectivity index is 1.68. The van der Waals surface area contributed by atoms with Crippen LogP contribution in [0.2, 0.25) is 0 Å². The van der Waals surface area contributed by atoms with Crippen molar-refractivity contribution in [3.05, 3.63) is 60.4 Å². The van der Waals surface area contributed by atoms with Gasteiger partial charge in [0.1, 0.15) is 5.82 Å². The molecule has 1 unspecified atom stereocenters. The first kappa shape index (κ1) is 21.5. The Morgan fingerprint density at radius 3 is 2.90 bits per heavy atom. The van der Waals surface area contributed by atoms with Gasteiger partial charge in [0.05, 0.1) is 10.5 Å². The standard InChI is InChI=1S/C21H23FN4O4S/c1-29-12-9-21(20-24-19(30-25-20)16-5-3-10-23-14-16)8-4-11-26(15-21)31(27,28)18-7-2-6-17(22)13-18/h2-3,5-7,10,13-14H,4,8-9,11-12,15H2,1H3. The fourth-order valence-corrected chi connectivity index (χ4v) is 5.51. The molecular formula is C21H23FN4O4S. The van der Waals surface area contributed by atoms with Crippen LogP contribution in [0.4, 0.5) is 4.39 Å². The van der Waals surface area contributed by atoms with Crippen molar-refractivity contribution in [1.29, 1.82) is 0 Å². The molecule has 0 amide bonds. The largest absolute Gasteiger partial charge is 0.385 e. The van der Waals surface area contributed by atoms with Crippen molar-refractivity contribution in [2.75, 3.05) is 26.8 Å². The van der Waals surface area contributed by atoms with E-state index in [0.29, 0.717) is 49.7 Å². The Kier molecular flexibility index (Phi) is 6.12. The van der Waals surface area contributed by atoms with Crippen LogP contribution < -0.4 is 0 Å². The van der Waals surface area contributed by atoms with Crippen LogP contribution in [0.5, 0.6) is 0 Å². The van der Waals surface area contributed by atoms with Crippen molar-refractivity contribution >= 4 is 10.0 Å². The number of halogens is 1. The summed E-state index contributed by atoms with van der Waals surface area (Å²) in [4.78, 5) is 8.58. The van der Waals surface area contributed by atoms with Gasteiger partial charge in [-0.25, -0.2) is 12.8 Å². The van der Waals surface area contributed by atoms with Gasteiger partial charge in [-0.1, -0.05) is 11.2 Å². The van der Waals surface area contributed by atoms with Gasteiger partial charge in [0.25, 0.3) is 5.89 Å². The fourth-order valence-electron chi connectivity index (χ4n) is 3.91. The Bertz CT molecular complexity index is 1140. The van der Waals surface area contributed by atoms with E-state index < -0.39 is 21.3 Å². The third kappa shape index (κ3) is 4.36. The molecule has 164 valence electrons. The first-order valence-electron chi connectivity index (χ1n) is 9.94. The van der Waals surface area contributed by atoms with E-state index in [0.717, 1.165) is 6.07 Å². The highest BCUT2D eigenvalue weighted by atomic mass is 32.2. The summed E-state index contributed by atoms with van der Waals surface area (Å²) in [5.74, 6) is 0.163. The van der Waals surface area contributed by atoms with Crippen LogP contribution in [0.3, 0.4) is 0 Å². The number of piperidine rings is 1. The Morgan fingerprint density at radius 2 is 2.16 bits per heavy atom. The van der Waals surface area contributed by atoms with Gasteiger partial charge in [0.15, 0.2) is 5.82 Å². The van der Waals surface area contributed by atoms with Gasteiger partial charge in [-0.3, -0.25) is 4.98 Å². The minimum absolute atomic E-state index is 0.0702.